The van der Waals surface area contributed by atoms with Gasteiger partial charge in [-0.2, -0.15) is 4.90 Å². The van der Waals surface area contributed by atoms with Crippen molar-refractivity contribution in [2.24, 2.45) is 0 Å². The highest BCUT2D eigenvalue weighted by Gasteiger charge is 2.35. The van der Waals surface area contributed by atoms with Gasteiger partial charge in [-0.15, -0.1) is 11.8 Å². The number of halogens is 1. The van der Waals surface area contributed by atoms with Gasteiger partial charge in [0.1, 0.15) is 11.2 Å². The number of ether oxygens (including phenoxy) is 3. The molecule has 0 aliphatic rings. The van der Waals surface area contributed by atoms with Crippen molar-refractivity contribution in [2.45, 2.75) is 64.1 Å². The largest absolute Gasteiger partial charge is 0.469 e. The number of methoxy groups -OCH3 is 1. The molecule has 10 heteroatoms. The lowest BCUT2D eigenvalue weighted by molar-refractivity contribution is -0.140. The molecule has 0 bridgehead atoms. The number of nitrogens with zero attached hydrogens (tertiary/aromatic N) is 2. The first-order valence-corrected chi connectivity index (χ1v) is 10.2. The average Bonchev–Trinajstić information content (AvgIpc) is 2.54. The van der Waals surface area contributed by atoms with E-state index in [0.29, 0.717) is 15.5 Å². The van der Waals surface area contributed by atoms with Crippen LogP contribution < -0.4 is 4.90 Å². The van der Waals surface area contributed by atoms with E-state index in [1.54, 1.807) is 47.6 Å². The number of thioether (sulfide) groups is 1. The Hall–Kier alpha value is -2.00. The topological polar surface area (TPSA) is 95.0 Å². The molecule has 162 valence electrons. The predicted octanol–water partition coefficient (Wildman–Crippen LogP) is 5.07. The van der Waals surface area contributed by atoms with E-state index in [4.69, 9.17) is 21.1 Å². The van der Waals surface area contributed by atoms with Gasteiger partial charge in [0.25, 0.3) is 0 Å². The summed E-state index contributed by atoms with van der Waals surface area (Å²) in [6.07, 6.45) is -0.337. The third-order valence-corrected chi connectivity index (χ3v) is 4.53. The van der Waals surface area contributed by atoms with Crippen molar-refractivity contribution < 1.29 is 28.6 Å². The lowest BCUT2D eigenvalue weighted by atomic mass is 10.2. The first-order chi connectivity index (χ1) is 13.2. The van der Waals surface area contributed by atoms with E-state index in [0.717, 1.165) is 0 Å². The van der Waals surface area contributed by atoms with Gasteiger partial charge in [-0.3, -0.25) is 4.79 Å². The number of hydrogen-bond acceptors (Lipinski definition) is 8. The van der Waals surface area contributed by atoms with E-state index in [1.165, 1.54) is 25.1 Å². The number of carbonyl (C=O) groups excluding carboxylic acids is 3. The highest BCUT2D eigenvalue weighted by atomic mass is 35.5. The van der Waals surface area contributed by atoms with Gasteiger partial charge in [0, 0.05) is 16.8 Å². The lowest BCUT2D eigenvalue weighted by Crippen LogP contribution is -2.44. The number of imide groups is 1. The second-order valence-electron chi connectivity index (χ2n) is 7.92. The van der Waals surface area contributed by atoms with Gasteiger partial charge in [-0.25, -0.2) is 14.6 Å². The quantitative estimate of drug-likeness (QED) is 0.351. The van der Waals surface area contributed by atoms with Crippen molar-refractivity contribution in [2.75, 3.05) is 17.8 Å². The fourth-order valence-electron chi connectivity index (χ4n) is 1.89. The van der Waals surface area contributed by atoms with Crippen molar-refractivity contribution in [3.05, 3.63) is 17.3 Å². The van der Waals surface area contributed by atoms with Gasteiger partial charge < -0.3 is 14.2 Å². The Bertz CT molecular complexity index is 730. The Morgan fingerprint density at radius 1 is 1.07 bits per heavy atom. The van der Waals surface area contributed by atoms with E-state index in [2.05, 4.69) is 9.72 Å². The molecular weight excluding hydrogens is 420 g/mol. The Balaban J connectivity index is 3.23. The summed E-state index contributed by atoms with van der Waals surface area (Å²) < 4.78 is 15.3. The van der Waals surface area contributed by atoms with E-state index in [9.17, 15) is 14.4 Å². The molecule has 0 spiro atoms. The maximum absolute atomic E-state index is 12.7. The summed E-state index contributed by atoms with van der Waals surface area (Å²) in [5.74, 6) is -0.0698. The number of rotatable bonds is 5. The van der Waals surface area contributed by atoms with Crippen molar-refractivity contribution >= 4 is 47.3 Å². The number of amides is 2. The van der Waals surface area contributed by atoms with Crippen LogP contribution in [0.15, 0.2) is 17.2 Å². The van der Waals surface area contributed by atoms with Gasteiger partial charge in [-0.05, 0) is 47.6 Å². The molecule has 1 heterocycles. The third kappa shape index (κ3) is 8.49. The summed E-state index contributed by atoms with van der Waals surface area (Å²) in [6.45, 7) is 10.0. The molecule has 0 saturated carbocycles. The molecule has 1 aromatic rings. The second-order valence-corrected chi connectivity index (χ2v) is 9.43. The Labute approximate surface area is 180 Å². The van der Waals surface area contributed by atoms with Crippen LogP contribution in [0.1, 0.15) is 48.0 Å². The number of esters is 1. The maximum Gasteiger partial charge on any atom is 0.425 e. The highest BCUT2D eigenvalue weighted by Crippen LogP contribution is 2.35. The van der Waals surface area contributed by atoms with Crippen LogP contribution in [-0.4, -0.2) is 47.2 Å². The zero-order valence-corrected chi connectivity index (χ0v) is 19.3. The minimum Gasteiger partial charge on any atom is -0.469 e. The monoisotopic (exact) mass is 446 g/mol. The molecule has 0 unspecified atom stereocenters. The molecule has 0 aliphatic heterocycles. The summed E-state index contributed by atoms with van der Waals surface area (Å²) in [6, 6.07) is 1.62. The number of aromatic nitrogens is 1. The molecule has 0 aliphatic carbocycles. The van der Waals surface area contributed by atoms with Crippen LogP contribution in [0.4, 0.5) is 15.4 Å². The van der Waals surface area contributed by atoms with Crippen LogP contribution in [0.2, 0.25) is 5.02 Å². The fraction of sp³-hybridized carbons (Fsp3) is 0.579. The molecule has 0 aromatic carbocycles. The second kappa shape index (κ2) is 10.2. The van der Waals surface area contributed by atoms with E-state index in [1.807, 2.05) is 0 Å². The van der Waals surface area contributed by atoms with Crippen molar-refractivity contribution in [3.63, 3.8) is 0 Å². The van der Waals surface area contributed by atoms with Crippen molar-refractivity contribution in [1.29, 1.82) is 0 Å². The molecule has 29 heavy (non-hydrogen) atoms. The van der Waals surface area contributed by atoms with E-state index >= 15 is 0 Å². The number of carbonyl (C=O) groups is 3. The molecule has 1 rings (SSSR count). The molecule has 0 N–H and O–H groups in total. The summed E-state index contributed by atoms with van der Waals surface area (Å²) >= 11 is 7.69. The highest BCUT2D eigenvalue weighted by molar-refractivity contribution is 7.99. The zero-order valence-electron chi connectivity index (χ0n) is 17.7. The first kappa shape index (κ1) is 25.0. The maximum atomic E-state index is 12.7. The fourth-order valence-corrected chi connectivity index (χ4v) is 3.12. The van der Waals surface area contributed by atoms with Crippen LogP contribution in [0.5, 0.6) is 0 Å². The number of pyridine rings is 1. The van der Waals surface area contributed by atoms with E-state index < -0.39 is 23.4 Å². The Kier molecular flexibility index (Phi) is 8.77. The summed E-state index contributed by atoms with van der Waals surface area (Å²) in [5.41, 5.74) is -1.70. The molecule has 2 amide bonds. The minimum absolute atomic E-state index is 0.0686. The standard InChI is InChI=1S/C19H27ClN2O6S/c1-18(2,3)27-16(24)22(17(25)28-19(4,5)6)15-14(20)12(8-10-21-15)29-11-9-13(23)26-7/h8,10H,9,11H2,1-7H3. The molecule has 1 aromatic heterocycles. The summed E-state index contributed by atoms with van der Waals surface area (Å²) in [5, 5.41) is 0.0686. The molecule has 0 fully saturated rings. The van der Waals surface area contributed by atoms with Gasteiger partial charge in [0.15, 0.2) is 5.82 Å². The number of hydrogen-bond donors (Lipinski definition) is 0. The molecule has 8 nitrogen and oxygen atoms in total. The van der Waals surface area contributed by atoms with Crippen molar-refractivity contribution in [3.8, 4) is 0 Å². The Morgan fingerprint density at radius 3 is 2.03 bits per heavy atom. The summed E-state index contributed by atoms with van der Waals surface area (Å²) in [4.78, 5) is 42.0. The molecule has 0 saturated heterocycles. The first-order valence-electron chi connectivity index (χ1n) is 8.85. The van der Waals surface area contributed by atoms with E-state index in [-0.39, 0.29) is 23.2 Å². The van der Waals surface area contributed by atoms with Gasteiger partial charge in [0.2, 0.25) is 0 Å². The lowest BCUT2D eigenvalue weighted by Gasteiger charge is -2.28. The SMILES string of the molecule is COC(=O)CCSc1ccnc(N(C(=O)OC(C)(C)C)C(=O)OC(C)(C)C)c1Cl. The van der Waals surface area contributed by atoms with Crippen LogP contribution in [0.25, 0.3) is 0 Å². The number of anilines is 1. The molecular formula is C19H27ClN2O6S. The zero-order chi connectivity index (χ0) is 22.4. The average molecular weight is 447 g/mol. The Morgan fingerprint density at radius 2 is 1.59 bits per heavy atom. The van der Waals surface area contributed by atoms with Gasteiger partial charge >= 0.3 is 18.2 Å². The summed E-state index contributed by atoms with van der Waals surface area (Å²) in [7, 11) is 1.31. The van der Waals surface area contributed by atoms with Gasteiger partial charge in [-0.1, -0.05) is 11.6 Å². The van der Waals surface area contributed by atoms with Crippen LogP contribution in [0, 0.1) is 0 Å². The van der Waals surface area contributed by atoms with Gasteiger partial charge in [0.05, 0.1) is 18.6 Å². The predicted molar refractivity (Wildman–Crippen MR) is 112 cm³/mol. The smallest absolute Gasteiger partial charge is 0.425 e. The normalized spacial score (nSPS) is 11.6. The van der Waals surface area contributed by atoms with Crippen LogP contribution in [-0.2, 0) is 19.0 Å². The molecule has 0 radical (unpaired) electrons. The van der Waals surface area contributed by atoms with Crippen molar-refractivity contribution in [1.82, 2.24) is 4.98 Å². The van der Waals surface area contributed by atoms with Crippen LogP contribution in [0.3, 0.4) is 0 Å². The molecule has 0 atom stereocenters. The van der Waals surface area contributed by atoms with Crippen LogP contribution >= 0.6 is 23.4 Å². The minimum atomic E-state index is -0.960. The third-order valence-electron chi connectivity index (χ3n) is 2.99.